The van der Waals surface area contributed by atoms with Gasteiger partial charge in [0, 0.05) is 5.69 Å². The number of benzene rings is 2. The number of ether oxygens (including phenoxy) is 1. The molecule has 0 saturated heterocycles. The first-order valence-electron chi connectivity index (χ1n) is 8.08. The smallest absolute Gasteiger partial charge is 0.259 e. The van der Waals surface area contributed by atoms with E-state index in [1.165, 1.54) is 17.8 Å². The second-order valence-corrected chi connectivity index (χ2v) is 5.63. The van der Waals surface area contributed by atoms with E-state index >= 15 is 0 Å². The van der Waals surface area contributed by atoms with Crippen molar-refractivity contribution in [3.05, 3.63) is 53.1 Å². The van der Waals surface area contributed by atoms with E-state index in [1.807, 2.05) is 32.9 Å². The Labute approximate surface area is 147 Å². The van der Waals surface area contributed by atoms with Crippen LogP contribution in [0.4, 0.5) is 5.69 Å². The molecule has 0 radical (unpaired) electrons. The lowest BCUT2D eigenvalue weighted by molar-refractivity contribution is -0.119. The number of hydrogen-bond acceptors (Lipinski definition) is 5. The van der Waals surface area contributed by atoms with E-state index in [4.69, 9.17) is 4.74 Å². The number of phenols is 1. The normalized spacial score (nSPS) is 10.7. The van der Waals surface area contributed by atoms with Crippen molar-refractivity contribution >= 4 is 17.8 Å². The summed E-state index contributed by atoms with van der Waals surface area (Å²) in [5.41, 5.74) is 6.28. The van der Waals surface area contributed by atoms with Gasteiger partial charge < -0.3 is 15.2 Å². The van der Waals surface area contributed by atoms with Gasteiger partial charge in [-0.1, -0.05) is 17.7 Å². The number of hydrogen-bond donors (Lipinski definition) is 3. The number of hydrazone groups is 1. The maximum absolute atomic E-state index is 11.8. The second-order valence-electron chi connectivity index (χ2n) is 5.63. The molecule has 3 N–H and O–H groups in total. The van der Waals surface area contributed by atoms with Crippen LogP contribution in [-0.4, -0.2) is 30.4 Å². The summed E-state index contributed by atoms with van der Waals surface area (Å²) in [6.45, 7) is 6.46. The van der Waals surface area contributed by atoms with E-state index in [0.29, 0.717) is 17.9 Å². The number of nitrogens with zero attached hydrogens (tertiary/aromatic N) is 1. The molecule has 6 heteroatoms. The highest BCUT2D eigenvalue weighted by molar-refractivity contribution is 5.85. The lowest BCUT2D eigenvalue weighted by Gasteiger charge is -2.09. The summed E-state index contributed by atoms with van der Waals surface area (Å²) in [4.78, 5) is 11.8. The van der Waals surface area contributed by atoms with Gasteiger partial charge in [0.15, 0.2) is 11.5 Å². The summed E-state index contributed by atoms with van der Waals surface area (Å²) in [5, 5.41) is 16.8. The molecule has 25 heavy (non-hydrogen) atoms. The van der Waals surface area contributed by atoms with Crippen molar-refractivity contribution in [2.45, 2.75) is 20.8 Å². The number of aryl methyl sites for hydroxylation is 2. The first kappa shape index (κ1) is 18.3. The number of carbonyl (C=O) groups excluding carboxylic acids is 1. The van der Waals surface area contributed by atoms with Crippen LogP contribution in [0.1, 0.15) is 23.6 Å². The van der Waals surface area contributed by atoms with Crippen molar-refractivity contribution < 1.29 is 14.6 Å². The molecular weight excluding hydrogens is 318 g/mol. The van der Waals surface area contributed by atoms with E-state index < -0.39 is 0 Å². The Kier molecular flexibility index (Phi) is 6.39. The summed E-state index contributed by atoms with van der Waals surface area (Å²) < 4.78 is 5.25. The summed E-state index contributed by atoms with van der Waals surface area (Å²) in [5.74, 6) is 0.196. The number of nitrogens with one attached hydrogen (secondary N) is 2. The quantitative estimate of drug-likeness (QED) is 0.534. The molecule has 0 aliphatic carbocycles. The summed E-state index contributed by atoms with van der Waals surface area (Å²) >= 11 is 0. The zero-order valence-electron chi connectivity index (χ0n) is 14.7. The third kappa shape index (κ3) is 5.53. The fourth-order valence-electron chi connectivity index (χ4n) is 2.30. The molecule has 2 aromatic carbocycles. The highest BCUT2D eigenvalue weighted by Crippen LogP contribution is 2.26. The van der Waals surface area contributed by atoms with E-state index in [2.05, 4.69) is 21.9 Å². The van der Waals surface area contributed by atoms with E-state index in [1.54, 1.807) is 12.1 Å². The third-order valence-electron chi connectivity index (χ3n) is 3.51. The minimum Gasteiger partial charge on any atom is -0.504 e. The molecule has 0 spiro atoms. The molecule has 0 unspecified atom stereocenters. The SMILES string of the molecule is CCOc1ccc(/C=N/NC(=O)CNc2ccc(C)cc2C)cc1O. The van der Waals surface area contributed by atoms with Crippen molar-refractivity contribution in [3.8, 4) is 11.5 Å². The molecule has 0 fully saturated rings. The Morgan fingerprint density at radius 1 is 1.24 bits per heavy atom. The van der Waals surface area contributed by atoms with E-state index in [0.717, 1.165) is 11.3 Å². The first-order chi connectivity index (χ1) is 12.0. The second kappa shape index (κ2) is 8.73. The van der Waals surface area contributed by atoms with Crippen LogP contribution in [0.3, 0.4) is 0 Å². The number of phenolic OH excluding ortho intramolecular Hbond substituents is 1. The zero-order chi connectivity index (χ0) is 18.2. The molecule has 2 rings (SSSR count). The topological polar surface area (TPSA) is 83.0 Å². The van der Waals surface area contributed by atoms with Gasteiger partial charge in [-0.05, 0) is 56.2 Å². The highest BCUT2D eigenvalue weighted by Gasteiger charge is 2.03. The number of rotatable bonds is 7. The average molecular weight is 341 g/mol. The predicted octanol–water partition coefficient (Wildman–Crippen LogP) is 2.97. The van der Waals surface area contributed by atoms with Crippen molar-refractivity contribution in [1.29, 1.82) is 0 Å². The van der Waals surface area contributed by atoms with Crippen molar-refractivity contribution in [3.63, 3.8) is 0 Å². The van der Waals surface area contributed by atoms with Crippen LogP contribution in [-0.2, 0) is 4.79 Å². The molecule has 0 aliphatic rings. The fraction of sp³-hybridized carbons (Fsp3) is 0.263. The van der Waals surface area contributed by atoms with Crippen molar-refractivity contribution in [2.24, 2.45) is 5.10 Å². The van der Waals surface area contributed by atoms with Crippen molar-refractivity contribution in [2.75, 3.05) is 18.5 Å². The molecule has 0 aliphatic heterocycles. The van der Waals surface area contributed by atoms with Crippen LogP contribution in [0.15, 0.2) is 41.5 Å². The van der Waals surface area contributed by atoms with Crippen LogP contribution in [0.25, 0.3) is 0 Å². The number of carbonyl (C=O) groups is 1. The number of aromatic hydroxyl groups is 1. The fourth-order valence-corrected chi connectivity index (χ4v) is 2.30. The van der Waals surface area contributed by atoms with Crippen LogP contribution in [0.5, 0.6) is 11.5 Å². The van der Waals surface area contributed by atoms with Crippen molar-refractivity contribution in [1.82, 2.24) is 5.43 Å². The maximum atomic E-state index is 11.8. The number of anilines is 1. The Balaban J connectivity index is 1.85. The summed E-state index contributed by atoms with van der Waals surface area (Å²) in [6, 6.07) is 10.9. The minimum atomic E-state index is -0.258. The van der Waals surface area contributed by atoms with Gasteiger partial charge in [0.25, 0.3) is 5.91 Å². The van der Waals surface area contributed by atoms with Crippen LogP contribution < -0.4 is 15.5 Å². The lowest BCUT2D eigenvalue weighted by atomic mass is 10.1. The monoisotopic (exact) mass is 341 g/mol. The van der Waals surface area contributed by atoms with Gasteiger partial charge in [-0.2, -0.15) is 5.10 Å². The number of amides is 1. The van der Waals surface area contributed by atoms with Gasteiger partial charge in [0.2, 0.25) is 0 Å². The average Bonchev–Trinajstić information content (AvgIpc) is 2.56. The molecule has 0 atom stereocenters. The molecule has 132 valence electrons. The van der Waals surface area contributed by atoms with E-state index in [9.17, 15) is 9.90 Å². The van der Waals surface area contributed by atoms with Crippen LogP contribution in [0.2, 0.25) is 0 Å². The largest absolute Gasteiger partial charge is 0.504 e. The summed E-state index contributed by atoms with van der Waals surface area (Å²) in [6.07, 6.45) is 1.46. The maximum Gasteiger partial charge on any atom is 0.259 e. The summed E-state index contributed by atoms with van der Waals surface area (Å²) in [7, 11) is 0. The van der Waals surface area contributed by atoms with E-state index in [-0.39, 0.29) is 18.2 Å². The zero-order valence-corrected chi connectivity index (χ0v) is 14.7. The first-order valence-corrected chi connectivity index (χ1v) is 8.08. The molecular formula is C19H23N3O3. The predicted molar refractivity (Wildman–Crippen MR) is 99.4 cm³/mol. The molecule has 0 bridgehead atoms. The van der Waals surface area contributed by atoms with Gasteiger partial charge in [-0.3, -0.25) is 4.79 Å². The Hall–Kier alpha value is -3.02. The molecule has 6 nitrogen and oxygen atoms in total. The molecule has 0 heterocycles. The highest BCUT2D eigenvalue weighted by atomic mass is 16.5. The molecule has 2 aromatic rings. The van der Waals surface area contributed by atoms with Crippen LogP contribution in [0, 0.1) is 13.8 Å². The van der Waals surface area contributed by atoms with Gasteiger partial charge in [-0.15, -0.1) is 0 Å². The van der Waals surface area contributed by atoms with Crippen LogP contribution >= 0.6 is 0 Å². The Morgan fingerprint density at radius 2 is 2.04 bits per heavy atom. The van der Waals surface area contributed by atoms with Gasteiger partial charge >= 0.3 is 0 Å². The lowest BCUT2D eigenvalue weighted by Crippen LogP contribution is -2.26. The standard InChI is InChI=1S/C19H23N3O3/c1-4-25-18-8-6-15(10-17(18)23)11-21-22-19(24)12-20-16-7-5-13(2)9-14(16)3/h5-11,20,23H,4,12H2,1-3H3,(H,22,24)/b21-11+. The Bertz CT molecular complexity index is 773. The van der Waals surface area contributed by atoms with Gasteiger partial charge in [0.05, 0.1) is 19.4 Å². The molecule has 1 amide bonds. The third-order valence-corrected chi connectivity index (χ3v) is 3.51. The van der Waals surface area contributed by atoms with Gasteiger partial charge in [0.1, 0.15) is 0 Å². The Morgan fingerprint density at radius 3 is 2.72 bits per heavy atom. The van der Waals surface area contributed by atoms with Gasteiger partial charge in [-0.25, -0.2) is 5.43 Å². The molecule has 0 aromatic heterocycles. The molecule has 0 saturated carbocycles. The minimum absolute atomic E-state index is 0.0358.